The monoisotopic (exact) mass is 973 g/mol. The molecule has 4 aromatic carbocycles. The minimum absolute atomic E-state index is 0.0600. The Balaban J connectivity index is 0.000000178. The summed E-state index contributed by atoms with van der Waals surface area (Å²) >= 11 is 0. The van der Waals surface area contributed by atoms with Crippen LogP contribution < -0.4 is 50.3 Å². The summed E-state index contributed by atoms with van der Waals surface area (Å²) in [6, 6.07) is 30.7. The summed E-state index contributed by atoms with van der Waals surface area (Å²) in [5.74, 6) is 3.18. The first-order valence-electron chi connectivity index (χ1n) is 25.0. The fourth-order valence-electron chi connectivity index (χ4n) is 9.94. The van der Waals surface area contributed by atoms with Crippen LogP contribution in [-0.4, -0.2) is 125 Å². The van der Waals surface area contributed by atoms with Gasteiger partial charge in [0.25, 0.3) is 0 Å². The number of hydrogen-bond acceptors (Lipinski definition) is 14. The van der Waals surface area contributed by atoms with E-state index in [0.717, 1.165) is 147 Å². The van der Waals surface area contributed by atoms with E-state index in [0.29, 0.717) is 18.1 Å². The van der Waals surface area contributed by atoms with E-state index in [1.807, 2.05) is 65.3 Å². The summed E-state index contributed by atoms with van der Waals surface area (Å²) in [5, 5.41) is 13.9. The van der Waals surface area contributed by atoms with Crippen molar-refractivity contribution in [2.75, 3.05) is 135 Å². The molecule has 0 spiro atoms. The predicted octanol–water partition coefficient (Wildman–Crippen LogP) is 9.17. The number of ether oxygens (including phenoxy) is 2. The lowest BCUT2D eigenvalue weighted by Gasteiger charge is -2.34. The van der Waals surface area contributed by atoms with Gasteiger partial charge in [-0.05, 0) is 99.1 Å². The van der Waals surface area contributed by atoms with Crippen LogP contribution >= 0.6 is 0 Å². The summed E-state index contributed by atoms with van der Waals surface area (Å²) in [5.41, 5.74) is 13.2. The molecule has 0 bridgehead atoms. The number of amides is 2. The maximum Gasteiger partial charge on any atom is 0.226 e. The number of aromatic nitrogens is 2. The van der Waals surface area contributed by atoms with Crippen molar-refractivity contribution in [1.82, 2.24) is 19.8 Å². The molecule has 6 heterocycles. The quantitative estimate of drug-likeness (QED) is 0.0873. The molecule has 0 unspecified atom stereocenters. The Morgan fingerprint density at radius 2 is 1.07 bits per heavy atom. The molecule has 376 valence electrons. The highest BCUT2D eigenvalue weighted by atomic mass is 16.5. The van der Waals surface area contributed by atoms with Crippen molar-refractivity contribution >= 4 is 80.3 Å². The van der Waals surface area contributed by atoms with E-state index >= 15 is 0 Å². The number of hydrogen-bond donors (Lipinski definition) is 4. The Hall–Kier alpha value is -7.56. The zero-order valence-electron chi connectivity index (χ0n) is 42.7. The van der Waals surface area contributed by atoms with Crippen LogP contribution in [0.4, 0.5) is 68.5 Å². The maximum absolute atomic E-state index is 12.5. The fraction of sp³-hybridized carbons (Fsp3) is 0.357. The molecule has 2 fully saturated rings. The summed E-state index contributed by atoms with van der Waals surface area (Å²) in [4.78, 5) is 47.0. The van der Waals surface area contributed by atoms with E-state index < -0.39 is 0 Å². The van der Waals surface area contributed by atoms with Gasteiger partial charge < -0.3 is 60.1 Å². The van der Waals surface area contributed by atoms with Crippen molar-refractivity contribution < 1.29 is 19.1 Å². The SMILES string of the molecule is CCC(=O)N1CCc2cccc(Nc3ccnc(Nc4ccc(N5CCN(C)CC5)cc4OC)c3)c21.COc1cc(N2CCN(C)CC2)ccc1Nc1cc(Nc2cc(C)cc3c2N(C(C)=O)CC3)ccn1. The molecule has 10 rings (SSSR count). The van der Waals surface area contributed by atoms with Crippen LogP contribution in [0.15, 0.2) is 103 Å². The highest BCUT2D eigenvalue weighted by Gasteiger charge is 2.28. The first kappa shape index (κ1) is 49.4. The lowest BCUT2D eigenvalue weighted by molar-refractivity contribution is -0.118. The molecular formula is C56H68N12O4. The molecule has 6 aromatic rings. The van der Waals surface area contributed by atoms with E-state index in [-0.39, 0.29) is 11.8 Å². The van der Waals surface area contributed by atoms with Gasteiger partial charge in [-0.1, -0.05) is 25.1 Å². The van der Waals surface area contributed by atoms with Crippen LogP contribution in [0.3, 0.4) is 0 Å². The van der Waals surface area contributed by atoms with E-state index in [1.165, 1.54) is 16.7 Å². The molecule has 72 heavy (non-hydrogen) atoms. The first-order chi connectivity index (χ1) is 35.0. The highest BCUT2D eigenvalue weighted by Crippen LogP contribution is 2.41. The molecule has 0 radical (unpaired) electrons. The number of carbonyl (C=O) groups is 2. The number of aryl methyl sites for hydroxylation is 1. The Morgan fingerprint density at radius 1 is 0.556 bits per heavy atom. The number of piperazine rings is 2. The largest absolute Gasteiger partial charge is 0.494 e. The molecule has 2 aromatic heterocycles. The van der Waals surface area contributed by atoms with Gasteiger partial charge in [0.05, 0.1) is 48.3 Å². The highest BCUT2D eigenvalue weighted by molar-refractivity contribution is 6.00. The number of fused-ring (bicyclic) bond motifs is 2. The molecule has 0 saturated carbocycles. The topological polar surface area (TPSA) is 146 Å². The van der Waals surface area contributed by atoms with Crippen molar-refractivity contribution in [2.45, 2.75) is 40.0 Å². The summed E-state index contributed by atoms with van der Waals surface area (Å²) in [7, 11) is 7.71. The number of nitrogens with zero attached hydrogens (tertiary/aromatic N) is 8. The third kappa shape index (κ3) is 11.3. The van der Waals surface area contributed by atoms with E-state index in [4.69, 9.17) is 9.47 Å². The Morgan fingerprint density at radius 3 is 1.60 bits per heavy atom. The minimum atomic E-state index is 0.0600. The first-order valence-corrected chi connectivity index (χ1v) is 25.0. The molecule has 16 heteroatoms. The van der Waals surface area contributed by atoms with E-state index in [9.17, 15) is 9.59 Å². The number of pyridine rings is 2. The normalized spacial score (nSPS) is 15.5. The second kappa shape index (κ2) is 22.2. The summed E-state index contributed by atoms with van der Waals surface area (Å²) in [6.07, 6.45) is 5.79. The molecule has 0 atom stereocenters. The molecule has 16 nitrogen and oxygen atoms in total. The van der Waals surface area contributed by atoms with Crippen LogP contribution in [0.1, 0.15) is 37.0 Å². The molecular weight excluding hydrogens is 905 g/mol. The van der Waals surface area contributed by atoms with Crippen molar-refractivity contribution in [1.29, 1.82) is 0 Å². The van der Waals surface area contributed by atoms with Crippen molar-refractivity contribution in [2.24, 2.45) is 0 Å². The molecule has 0 aliphatic carbocycles. The van der Waals surface area contributed by atoms with Crippen molar-refractivity contribution in [3.8, 4) is 11.5 Å². The second-order valence-corrected chi connectivity index (χ2v) is 18.9. The Labute approximate surface area is 423 Å². The van der Waals surface area contributed by atoms with Crippen LogP contribution in [-0.2, 0) is 22.4 Å². The van der Waals surface area contributed by atoms with E-state index in [2.05, 4.69) is 114 Å². The van der Waals surface area contributed by atoms with Crippen LogP contribution in [0.2, 0.25) is 0 Å². The van der Waals surface area contributed by atoms with Gasteiger partial charge in [0, 0.05) is 138 Å². The average molecular weight is 973 g/mol. The summed E-state index contributed by atoms with van der Waals surface area (Å²) < 4.78 is 11.4. The average Bonchev–Trinajstić information content (AvgIpc) is 4.03. The number of carbonyl (C=O) groups excluding carboxylic acids is 2. The smallest absolute Gasteiger partial charge is 0.226 e. The van der Waals surface area contributed by atoms with Crippen molar-refractivity contribution in [3.05, 3.63) is 120 Å². The lowest BCUT2D eigenvalue weighted by Crippen LogP contribution is -2.44. The zero-order chi connectivity index (χ0) is 50.3. The van der Waals surface area contributed by atoms with Crippen LogP contribution in [0, 0.1) is 6.92 Å². The Kier molecular flexibility index (Phi) is 15.3. The second-order valence-electron chi connectivity index (χ2n) is 18.9. The van der Waals surface area contributed by atoms with Gasteiger partial charge in [0.15, 0.2) is 0 Å². The van der Waals surface area contributed by atoms with Gasteiger partial charge >= 0.3 is 0 Å². The summed E-state index contributed by atoms with van der Waals surface area (Å²) in [6.45, 7) is 15.3. The number of nitrogens with one attached hydrogen (secondary N) is 4. The number of para-hydroxylation sites is 1. The number of benzene rings is 4. The molecule has 4 N–H and O–H groups in total. The number of methoxy groups -OCH3 is 2. The van der Waals surface area contributed by atoms with Gasteiger partial charge in [0.1, 0.15) is 23.1 Å². The number of rotatable bonds is 13. The van der Waals surface area contributed by atoms with Gasteiger partial charge in [-0.3, -0.25) is 9.59 Å². The van der Waals surface area contributed by atoms with Crippen molar-refractivity contribution in [3.63, 3.8) is 0 Å². The van der Waals surface area contributed by atoms with Gasteiger partial charge in [-0.2, -0.15) is 0 Å². The Bertz CT molecular complexity index is 2900. The lowest BCUT2D eigenvalue weighted by atomic mass is 10.1. The minimum Gasteiger partial charge on any atom is -0.494 e. The van der Waals surface area contributed by atoms with Gasteiger partial charge in [-0.15, -0.1) is 0 Å². The van der Waals surface area contributed by atoms with Gasteiger partial charge in [0.2, 0.25) is 11.8 Å². The number of likely N-dealkylation sites (N-methyl/N-ethyl adjacent to an activating group) is 2. The van der Waals surface area contributed by atoms with E-state index in [1.54, 1.807) is 33.5 Å². The third-order valence-electron chi connectivity index (χ3n) is 13.9. The van der Waals surface area contributed by atoms with Crippen LogP contribution in [0.25, 0.3) is 0 Å². The standard InChI is InChI=1S/2C28H34N6O2/c1-19-15-21-8-10-34(20(2)35)28(21)25(16-19)30-22-7-9-29-27(17-22)31-24-6-5-23(18-26(24)36-4)33-13-11-32(3)12-14-33;1-4-27(35)34-13-11-20-6-5-7-24(28(20)34)30-21-10-12-29-26(18-21)31-23-9-8-22(19-25(23)36-3)33-16-14-32(2)15-17-33/h5-7,9,15-18H,8,10-14H2,1-4H3,(H2,29,30,31);5-10,12,18-19H,4,11,13-17H2,1-3H3,(H2,29,30,31). The maximum atomic E-state index is 12.5. The van der Waals surface area contributed by atoms with Crippen LogP contribution in [0.5, 0.6) is 11.5 Å². The fourth-order valence-corrected chi connectivity index (χ4v) is 9.94. The molecule has 2 saturated heterocycles. The third-order valence-corrected chi connectivity index (χ3v) is 13.9. The molecule has 4 aliphatic rings. The predicted molar refractivity (Wildman–Crippen MR) is 293 cm³/mol. The van der Waals surface area contributed by atoms with Gasteiger partial charge in [-0.25, -0.2) is 9.97 Å². The molecule has 4 aliphatic heterocycles. The molecule has 2 amide bonds. The number of anilines is 12. The zero-order valence-corrected chi connectivity index (χ0v) is 42.7.